The van der Waals surface area contributed by atoms with Gasteiger partial charge in [0.25, 0.3) is 0 Å². The molecule has 1 atom stereocenters. The van der Waals surface area contributed by atoms with Gasteiger partial charge in [0.05, 0.1) is 28.9 Å². The first kappa shape index (κ1) is 26.4. The number of carbonyl (C=O) groups is 1. The molecular formula is C23H17ClF4N4O4S. The van der Waals surface area contributed by atoms with E-state index in [1.165, 1.54) is 35.5 Å². The summed E-state index contributed by atoms with van der Waals surface area (Å²) in [5.41, 5.74) is -3.49. The SMILES string of the molecule is O=C(CN1CC(c2ccc(Cl)cn2)C(c2ccc(F)cc2)=N1)Nc1ccc(OS(=O)(=O)C(F)(F)F)cc1. The highest BCUT2D eigenvalue weighted by Crippen LogP contribution is 2.29. The van der Waals surface area contributed by atoms with Crippen LogP contribution >= 0.6 is 11.6 Å². The van der Waals surface area contributed by atoms with E-state index in [2.05, 4.69) is 19.6 Å². The second kappa shape index (κ2) is 10.3. The van der Waals surface area contributed by atoms with Crippen LogP contribution in [0.25, 0.3) is 0 Å². The molecule has 3 aromatic rings. The molecule has 0 bridgehead atoms. The number of nitrogens with zero attached hydrogens (tertiary/aromatic N) is 3. The summed E-state index contributed by atoms with van der Waals surface area (Å²) in [6.45, 7) is 0.104. The predicted octanol–water partition coefficient (Wildman–Crippen LogP) is 4.54. The number of rotatable bonds is 7. The highest BCUT2D eigenvalue weighted by atomic mass is 35.5. The fourth-order valence-corrected chi connectivity index (χ4v) is 4.07. The Hall–Kier alpha value is -3.71. The summed E-state index contributed by atoms with van der Waals surface area (Å²) in [6.07, 6.45) is 1.49. The van der Waals surface area contributed by atoms with Crippen LogP contribution in [-0.2, 0) is 14.9 Å². The fraction of sp³-hybridized carbons (Fsp3) is 0.174. The molecule has 1 N–H and O–H groups in total. The zero-order valence-corrected chi connectivity index (χ0v) is 20.2. The second-order valence-corrected chi connectivity index (χ2v) is 9.82. The van der Waals surface area contributed by atoms with Crippen molar-refractivity contribution in [1.82, 2.24) is 9.99 Å². The number of carbonyl (C=O) groups excluding carboxylic acids is 1. The summed E-state index contributed by atoms with van der Waals surface area (Å²) >= 11 is 5.94. The Labute approximate surface area is 213 Å². The van der Waals surface area contributed by atoms with Crippen molar-refractivity contribution in [2.75, 3.05) is 18.4 Å². The maximum Gasteiger partial charge on any atom is 0.534 e. The quantitative estimate of drug-likeness (QED) is 0.260. The number of hydrazone groups is 1. The van der Waals surface area contributed by atoms with Gasteiger partial charge in [0, 0.05) is 11.9 Å². The van der Waals surface area contributed by atoms with E-state index in [1.807, 2.05) is 0 Å². The predicted molar refractivity (Wildman–Crippen MR) is 127 cm³/mol. The highest BCUT2D eigenvalue weighted by molar-refractivity contribution is 7.88. The minimum atomic E-state index is -5.81. The lowest BCUT2D eigenvalue weighted by Gasteiger charge is -2.16. The monoisotopic (exact) mass is 556 g/mol. The Kier molecular flexibility index (Phi) is 7.37. The minimum Gasteiger partial charge on any atom is -0.376 e. The van der Waals surface area contributed by atoms with Crippen molar-refractivity contribution in [1.29, 1.82) is 0 Å². The summed E-state index contributed by atoms with van der Waals surface area (Å²) in [6, 6.07) is 13.5. The van der Waals surface area contributed by atoms with E-state index in [-0.39, 0.29) is 24.7 Å². The van der Waals surface area contributed by atoms with Gasteiger partial charge in [0.15, 0.2) is 0 Å². The van der Waals surface area contributed by atoms with Crippen LogP contribution in [-0.4, -0.2) is 48.6 Å². The highest BCUT2D eigenvalue weighted by Gasteiger charge is 2.48. The molecule has 4 rings (SSSR count). The lowest BCUT2D eigenvalue weighted by atomic mass is 9.94. The van der Waals surface area contributed by atoms with Crippen molar-refractivity contribution < 1.29 is 35.0 Å². The van der Waals surface area contributed by atoms with E-state index in [4.69, 9.17) is 11.6 Å². The molecule has 0 radical (unpaired) electrons. The van der Waals surface area contributed by atoms with Gasteiger partial charge in [-0.3, -0.25) is 14.8 Å². The van der Waals surface area contributed by atoms with Gasteiger partial charge in [-0.2, -0.15) is 26.7 Å². The topological polar surface area (TPSA) is 101 Å². The van der Waals surface area contributed by atoms with Crippen molar-refractivity contribution in [3.05, 3.63) is 89.0 Å². The van der Waals surface area contributed by atoms with Gasteiger partial charge in [-0.25, -0.2) is 4.39 Å². The normalized spacial score (nSPS) is 15.9. The van der Waals surface area contributed by atoms with Crippen LogP contribution < -0.4 is 9.50 Å². The number of aromatic nitrogens is 1. The number of hydrogen-bond donors (Lipinski definition) is 1. The molecular weight excluding hydrogens is 540 g/mol. The Bertz CT molecular complexity index is 1420. The van der Waals surface area contributed by atoms with Crippen LogP contribution in [0.4, 0.5) is 23.2 Å². The molecule has 1 unspecified atom stereocenters. The van der Waals surface area contributed by atoms with Crippen LogP contribution in [0.3, 0.4) is 0 Å². The third-order valence-electron chi connectivity index (χ3n) is 5.17. The lowest BCUT2D eigenvalue weighted by molar-refractivity contribution is -0.117. The third-order valence-corrected chi connectivity index (χ3v) is 6.38. The van der Waals surface area contributed by atoms with E-state index in [0.29, 0.717) is 22.0 Å². The van der Waals surface area contributed by atoms with E-state index in [1.54, 1.807) is 24.3 Å². The molecule has 8 nitrogen and oxygen atoms in total. The molecule has 1 amide bonds. The lowest BCUT2D eigenvalue weighted by Crippen LogP contribution is -2.29. The van der Waals surface area contributed by atoms with Gasteiger partial charge in [-0.15, -0.1) is 0 Å². The number of alkyl halides is 3. The summed E-state index contributed by atoms with van der Waals surface area (Å²) in [7, 11) is -5.81. The largest absolute Gasteiger partial charge is 0.534 e. The molecule has 0 spiro atoms. The summed E-state index contributed by atoms with van der Waals surface area (Å²) in [5.74, 6) is -1.81. The van der Waals surface area contributed by atoms with E-state index in [9.17, 15) is 30.8 Å². The molecule has 0 saturated carbocycles. The molecule has 2 heterocycles. The molecule has 194 valence electrons. The van der Waals surface area contributed by atoms with Gasteiger partial charge >= 0.3 is 15.6 Å². The maximum atomic E-state index is 13.4. The van der Waals surface area contributed by atoms with Crippen LogP contribution in [0.5, 0.6) is 5.75 Å². The van der Waals surface area contributed by atoms with Crippen LogP contribution in [0, 0.1) is 5.82 Å². The van der Waals surface area contributed by atoms with Crippen LogP contribution in [0.1, 0.15) is 17.2 Å². The van der Waals surface area contributed by atoms with Crippen LogP contribution in [0.15, 0.2) is 72.0 Å². The van der Waals surface area contributed by atoms with Gasteiger partial charge in [-0.1, -0.05) is 23.7 Å². The van der Waals surface area contributed by atoms with Crippen molar-refractivity contribution in [3.8, 4) is 5.75 Å². The van der Waals surface area contributed by atoms with Crippen molar-refractivity contribution in [2.45, 2.75) is 11.4 Å². The zero-order valence-electron chi connectivity index (χ0n) is 18.6. The number of nitrogens with one attached hydrogen (secondary N) is 1. The zero-order chi connectivity index (χ0) is 26.8. The number of halogens is 5. The average molecular weight is 557 g/mol. The molecule has 1 aromatic heterocycles. The van der Waals surface area contributed by atoms with Gasteiger partial charge in [0.2, 0.25) is 5.91 Å². The standard InChI is InChI=1S/C23H17ClF4N4O4S/c24-15-3-10-20(29-11-15)19-12-32(31-22(19)14-1-4-16(25)5-2-14)13-21(33)30-17-6-8-18(9-7-17)36-37(34,35)23(26,27)28/h1-11,19H,12-13H2,(H,30,33). The Balaban J connectivity index is 1.45. The van der Waals surface area contributed by atoms with E-state index < -0.39 is 33.1 Å². The summed E-state index contributed by atoms with van der Waals surface area (Å²) in [5, 5.41) is 9.03. The first-order valence-corrected chi connectivity index (χ1v) is 12.3. The van der Waals surface area contributed by atoms with Crippen molar-refractivity contribution in [3.63, 3.8) is 0 Å². The molecule has 1 aliphatic rings. The van der Waals surface area contributed by atoms with Crippen molar-refractivity contribution >= 4 is 39.0 Å². The minimum absolute atomic E-state index is 0.185. The molecule has 0 fully saturated rings. The van der Waals surface area contributed by atoms with Crippen molar-refractivity contribution in [2.24, 2.45) is 5.10 Å². The summed E-state index contributed by atoms with van der Waals surface area (Å²) in [4.78, 5) is 17.0. The first-order valence-electron chi connectivity index (χ1n) is 10.5. The molecule has 0 saturated heterocycles. The molecule has 37 heavy (non-hydrogen) atoms. The van der Waals surface area contributed by atoms with Gasteiger partial charge in [0.1, 0.15) is 18.1 Å². The second-order valence-electron chi connectivity index (χ2n) is 7.85. The smallest absolute Gasteiger partial charge is 0.376 e. The number of amides is 1. The molecule has 1 aliphatic heterocycles. The molecule has 2 aromatic carbocycles. The maximum absolute atomic E-state index is 13.4. The first-order chi connectivity index (χ1) is 17.4. The molecule has 0 aliphatic carbocycles. The number of pyridine rings is 1. The van der Waals surface area contributed by atoms with Gasteiger partial charge < -0.3 is 9.50 Å². The Morgan fingerprint density at radius 2 is 1.76 bits per heavy atom. The van der Waals surface area contributed by atoms with E-state index in [0.717, 1.165) is 12.1 Å². The number of anilines is 1. The van der Waals surface area contributed by atoms with Crippen LogP contribution in [0.2, 0.25) is 5.02 Å². The number of hydrogen-bond acceptors (Lipinski definition) is 7. The Morgan fingerprint density at radius 3 is 2.35 bits per heavy atom. The third kappa shape index (κ3) is 6.35. The molecule has 14 heteroatoms. The fourth-order valence-electron chi connectivity index (χ4n) is 3.50. The number of benzene rings is 2. The van der Waals surface area contributed by atoms with Gasteiger partial charge in [-0.05, 0) is 54.1 Å². The summed E-state index contributed by atoms with van der Waals surface area (Å²) < 4.78 is 77.0. The van der Waals surface area contributed by atoms with E-state index >= 15 is 0 Å². The Morgan fingerprint density at radius 1 is 1.08 bits per heavy atom. The average Bonchev–Trinajstić information content (AvgIpc) is 3.24.